The number of rotatable bonds is 4. The second kappa shape index (κ2) is 7.24. The van der Waals surface area contributed by atoms with Crippen LogP contribution in [0.15, 0.2) is 35.3 Å². The fraction of sp³-hybridized carbons (Fsp3) is 0.167. The Morgan fingerprint density at radius 1 is 1.15 bits per heavy atom. The molecule has 0 saturated carbocycles. The predicted molar refractivity (Wildman–Crippen MR) is 97.2 cm³/mol. The van der Waals surface area contributed by atoms with E-state index in [0.29, 0.717) is 5.39 Å². The number of hydrogen-bond donors (Lipinski definition) is 2. The smallest absolute Gasteiger partial charge is 0.339 e. The van der Waals surface area contributed by atoms with Gasteiger partial charge in [-0.3, -0.25) is 9.59 Å². The molecule has 0 spiro atoms. The molecule has 3 rings (SSSR count). The van der Waals surface area contributed by atoms with Crippen LogP contribution in [0.3, 0.4) is 0 Å². The molecule has 0 aliphatic carbocycles. The summed E-state index contributed by atoms with van der Waals surface area (Å²) >= 11 is 0. The standard InChI is InChI=1S/C18H16N4O5/c1-9-4-5-11(17(25)26-2)13(6-9)20-15(23)12-7-10-8-19-18(27-3)22-14(10)21-16(12)24/h4-8H,1-3H3,(H,20,23)(H,19,21,22,24). The lowest BCUT2D eigenvalue weighted by atomic mass is 10.1. The fourth-order valence-electron chi connectivity index (χ4n) is 2.48. The maximum absolute atomic E-state index is 12.6. The molecule has 1 aromatic carbocycles. The first-order valence-electron chi connectivity index (χ1n) is 7.87. The van der Waals surface area contributed by atoms with Gasteiger partial charge in [-0.05, 0) is 30.7 Å². The number of amides is 1. The first kappa shape index (κ1) is 18.1. The second-order valence-corrected chi connectivity index (χ2v) is 5.67. The van der Waals surface area contributed by atoms with E-state index in [1.165, 1.54) is 26.5 Å². The normalized spacial score (nSPS) is 10.5. The van der Waals surface area contributed by atoms with Crippen LogP contribution in [0, 0.1) is 6.92 Å². The van der Waals surface area contributed by atoms with Crippen molar-refractivity contribution in [3.63, 3.8) is 0 Å². The lowest BCUT2D eigenvalue weighted by Crippen LogP contribution is -2.24. The number of ether oxygens (including phenoxy) is 2. The predicted octanol–water partition coefficient (Wildman–Crippen LogP) is 1.67. The van der Waals surface area contributed by atoms with Gasteiger partial charge < -0.3 is 19.8 Å². The van der Waals surface area contributed by atoms with Gasteiger partial charge in [0.15, 0.2) is 0 Å². The van der Waals surface area contributed by atoms with E-state index in [1.807, 2.05) is 6.92 Å². The van der Waals surface area contributed by atoms with Crippen molar-refractivity contribution in [2.75, 3.05) is 19.5 Å². The number of carbonyl (C=O) groups is 2. The Labute approximate surface area is 153 Å². The van der Waals surface area contributed by atoms with Crippen LogP contribution < -0.4 is 15.6 Å². The number of aromatic amines is 1. The molecule has 9 heteroatoms. The van der Waals surface area contributed by atoms with E-state index >= 15 is 0 Å². The van der Waals surface area contributed by atoms with Crippen LogP contribution in [0.5, 0.6) is 6.01 Å². The third-order valence-corrected chi connectivity index (χ3v) is 3.83. The summed E-state index contributed by atoms with van der Waals surface area (Å²) in [6.07, 6.45) is 1.43. The molecule has 0 bridgehead atoms. The van der Waals surface area contributed by atoms with Gasteiger partial charge >= 0.3 is 12.0 Å². The van der Waals surface area contributed by atoms with Crippen LogP contribution >= 0.6 is 0 Å². The van der Waals surface area contributed by atoms with Crippen molar-refractivity contribution in [1.82, 2.24) is 15.0 Å². The molecular weight excluding hydrogens is 352 g/mol. The largest absolute Gasteiger partial charge is 0.467 e. The van der Waals surface area contributed by atoms with E-state index in [0.717, 1.165) is 5.56 Å². The van der Waals surface area contributed by atoms with Gasteiger partial charge in [0, 0.05) is 11.6 Å². The van der Waals surface area contributed by atoms with Crippen LogP contribution in [0.25, 0.3) is 11.0 Å². The van der Waals surface area contributed by atoms with Crippen LogP contribution in [0.4, 0.5) is 5.69 Å². The zero-order valence-corrected chi connectivity index (χ0v) is 14.8. The molecule has 0 aliphatic heterocycles. The molecule has 1 amide bonds. The monoisotopic (exact) mass is 368 g/mol. The number of benzene rings is 1. The molecule has 0 atom stereocenters. The van der Waals surface area contributed by atoms with E-state index in [9.17, 15) is 14.4 Å². The minimum absolute atomic E-state index is 0.0952. The van der Waals surface area contributed by atoms with Crippen molar-refractivity contribution in [3.05, 3.63) is 57.5 Å². The van der Waals surface area contributed by atoms with Gasteiger partial charge in [0.05, 0.1) is 25.5 Å². The molecule has 0 radical (unpaired) electrons. The Hall–Kier alpha value is -3.75. The molecule has 0 unspecified atom stereocenters. The highest BCUT2D eigenvalue weighted by atomic mass is 16.5. The van der Waals surface area contributed by atoms with Gasteiger partial charge in [-0.25, -0.2) is 9.78 Å². The number of methoxy groups -OCH3 is 2. The number of aryl methyl sites for hydroxylation is 1. The summed E-state index contributed by atoms with van der Waals surface area (Å²) in [6.45, 7) is 1.81. The highest BCUT2D eigenvalue weighted by molar-refractivity contribution is 6.08. The van der Waals surface area contributed by atoms with Crippen molar-refractivity contribution >= 4 is 28.6 Å². The Morgan fingerprint density at radius 2 is 1.93 bits per heavy atom. The Balaban J connectivity index is 2.00. The first-order valence-corrected chi connectivity index (χ1v) is 7.87. The van der Waals surface area contributed by atoms with Gasteiger partial charge in [-0.2, -0.15) is 4.98 Å². The maximum Gasteiger partial charge on any atom is 0.339 e. The Kier molecular flexibility index (Phi) is 4.84. The summed E-state index contributed by atoms with van der Waals surface area (Å²) in [5, 5.41) is 3.04. The Morgan fingerprint density at radius 3 is 2.63 bits per heavy atom. The minimum Gasteiger partial charge on any atom is -0.467 e. The SMILES string of the molecule is COC(=O)c1ccc(C)cc1NC(=O)c1cc2cnc(OC)nc2[nH]c1=O. The van der Waals surface area contributed by atoms with E-state index in [-0.39, 0.29) is 28.5 Å². The van der Waals surface area contributed by atoms with Crippen molar-refractivity contribution < 1.29 is 19.1 Å². The van der Waals surface area contributed by atoms with Gasteiger partial charge in [0.25, 0.3) is 11.5 Å². The third kappa shape index (κ3) is 3.61. The summed E-state index contributed by atoms with van der Waals surface area (Å²) in [5.41, 5.74) is 0.723. The number of hydrogen-bond acceptors (Lipinski definition) is 7. The average Bonchev–Trinajstić information content (AvgIpc) is 2.66. The maximum atomic E-state index is 12.6. The summed E-state index contributed by atoms with van der Waals surface area (Å²) < 4.78 is 9.63. The van der Waals surface area contributed by atoms with E-state index < -0.39 is 17.4 Å². The van der Waals surface area contributed by atoms with E-state index in [1.54, 1.807) is 18.2 Å². The second-order valence-electron chi connectivity index (χ2n) is 5.67. The molecule has 0 fully saturated rings. The molecule has 9 nitrogen and oxygen atoms in total. The highest BCUT2D eigenvalue weighted by Gasteiger charge is 2.18. The highest BCUT2D eigenvalue weighted by Crippen LogP contribution is 2.20. The number of anilines is 1. The number of aromatic nitrogens is 3. The van der Waals surface area contributed by atoms with Crippen LogP contribution in [0.1, 0.15) is 26.3 Å². The summed E-state index contributed by atoms with van der Waals surface area (Å²) in [7, 11) is 2.65. The fourth-order valence-corrected chi connectivity index (χ4v) is 2.48. The zero-order chi connectivity index (χ0) is 19.6. The lowest BCUT2D eigenvalue weighted by molar-refractivity contribution is 0.0602. The summed E-state index contributed by atoms with van der Waals surface area (Å²) in [6, 6.07) is 6.35. The van der Waals surface area contributed by atoms with Crippen molar-refractivity contribution in [2.45, 2.75) is 6.92 Å². The number of esters is 1. The molecule has 138 valence electrons. The number of nitrogens with zero attached hydrogens (tertiary/aromatic N) is 2. The molecule has 2 N–H and O–H groups in total. The molecular formula is C18H16N4O5. The lowest BCUT2D eigenvalue weighted by Gasteiger charge is -2.11. The van der Waals surface area contributed by atoms with Crippen molar-refractivity contribution in [3.8, 4) is 6.01 Å². The molecule has 3 aromatic rings. The molecule has 27 heavy (non-hydrogen) atoms. The number of nitrogens with one attached hydrogen (secondary N) is 2. The van der Waals surface area contributed by atoms with Crippen LogP contribution in [0.2, 0.25) is 0 Å². The zero-order valence-electron chi connectivity index (χ0n) is 14.8. The van der Waals surface area contributed by atoms with Crippen molar-refractivity contribution in [2.24, 2.45) is 0 Å². The quantitative estimate of drug-likeness (QED) is 0.671. The van der Waals surface area contributed by atoms with Gasteiger partial charge in [0.1, 0.15) is 11.2 Å². The topological polar surface area (TPSA) is 123 Å². The molecule has 2 aromatic heterocycles. The number of fused-ring (bicyclic) bond motifs is 1. The third-order valence-electron chi connectivity index (χ3n) is 3.83. The summed E-state index contributed by atoms with van der Waals surface area (Å²) in [5.74, 6) is -1.28. The molecule has 0 aliphatic rings. The van der Waals surface area contributed by atoms with Gasteiger partial charge in [0.2, 0.25) is 0 Å². The molecule has 0 saturated heterocycles. The Bertz CT molecular complexity index is 1110. The van der Waals surface area contributed by atoms with Gasteiger partial charge in [-0.1, -0.05) is 6.07 Å². The number of pyridine rings is 1. The van der Waals surface area contributed by atoms with E-state index in [2.05, 4.69) is 20.3 Å². The average molecular weight is 368 g/mol. The molecule has 2 heterocycles. The van der Waals surface area contributed by atoms with Crippen LogP contribution in [-0.2, 0) is 4.74 Å². The number of H-pyrrole nitrogens is 1. The van der Waals surface area contributed by atoms with Crippen LogP contribution in [-0.4, -0.2) is 41.0 Å². The summed E-state index contributed by atoms with van der Waals surface area (Å²) in [4.78, 5) is 47.3. The number of carbonyl (C=O) groups excluding carboxylic acids is 2. The first-order chi connectivity index (χ1) is 12.9. The minimum atomic E-state index is -0.676. The van der Waals surface area contributed by atoms with Crippen molar-refractivity contribution in [1.29, 1.82) is 0 Å². The van der Waals surface area contributed by atoms with Gasteiger partial charge in [-0.15, -0.1) is 0 Å². The van der Waals surface area contributed by atoms with E-state index in [4.69, 9.17) is 9.47 Å².